The smallest absolute Gasteiger partial charge is 0.254 e. The van der Waals surface area contributed by atoms with Gasteiger partial charge in [0.15, 0.2) is 0 Å². The van der Waals surface area contributed by atoms with Gasteiger partial charge in [-0.1, -0.05) is 13.8 Å². The molecule has 0 N–H and O–H groups in total. The number of hydrogen-bond acceptors (Lipinski definition) is 3. The van der Waals surface area contributed by atoms with E-state index in [9.17, 15) is 9.59 Å². The Morgan fingerprint density at radius 1 is 1.36 bits per heavy atom. The van der Waals surface area contributed by atoms with Crippen molar-refractivity contribution in [3.63, 3.8) is 0 Å². The Morgan fingerprint density at radius 2 is 2.05 bits per heavy atom. The average Bonchev–Trinajstić information content (AvgIpc) is 2.94. The summed E-state index contributed by atoms with van der Waals surface area (Å²) >= 11 is 0. The van der Waals surface area contributed by atoms with Gasteiger partial charge < -0.3 is 14.2 Å². The van der Waals surface area contributed by atoms with Crippen LogP contribution >= 0.6 is 0 Å². The Balaban J connectivity index is 1.99. The van der Waals surface area contributed by atoms with Gasteiger partial charge in [-0.05, 0) is 25.8 Å². The van der Waals surface area contributed by atoms with Gasteiger partial charge in [-0.2, -0.15) is 0 Å². The van der Waals surface area contributed by atoms with E-state index in [1.54, 1.807) is 11.6 Å². The first-order chi connectivity index (χ1) is 10.5. The first-order valence-corrected chi connectivity index (χ1v) is 8.09. The molecule has 1 aliphatic heterocycles. The minimum Gasteiger partial charge on any atom is -0.488 e. The maximum Gasteiger partial charge on any atom is 0.254 e. The molecule has 122 valence electrons. The molecule has 0 saturated carbocycles. The molecule has 0 spiro atoms. The zero-order valence-electron chi connectivity index (χ0n) is 14.0. The van der Waals surface area contributed by atoms with E-state index in [0.29, 0.717) is 12.3 Å². The van der Waals surface area contributed by atoms with Gasteiger partial charge in [0, 0.05) is 37.7 Å². The number of hydrogen-bond donors (Lipinski definition) is 0. The first kappa shape index (κ1) is 16.6. The fraction of sp³-hybridized carbons (Fsp3) is 0.647. The fourth-order valence-electron chi connectivity index (χ4n) is 2.92. The zero-order valence-corrected chi connectivity index (χ0v) is 14.0. The molecule has 0 aromatic carbocycles. The van der Waals surface area contributed by atoms with Crippen LogP contribution in [0.25, 0.3) is 0 Å². The number of aromatic nitrogens is 1. The monoisotopic (exact) mass is 306 g/mol. The van der Waals surface area contributed by atoms with Crippen LogP contribution in [-0.2, 0) is 11.8 Å². The highest BCUT2D eigenvalue weighted by Gasteiger charge is 2.30. The van der Waals surface area contributed by atoms with Gasteiger partial charge >= 0.3 is 0 Å². The van der Waals surface area contributed by atoms with Gasteiger partial charge in [0.2, 0.25) is 5.91 Å². The van der Waals surface area contributed by atoms with Gasteiger partial charge in [-0.15, -0.1) is 0 Å². The molecule has 2 heterocycles. The lowest BCUT2D eigenvalue weighted by Crippen LogP contribution is -2.35. The van der Waals surface area contributed by atoms with Crippen molar-refractivity contribution in [3.8, 4) is 5.75 Å². The lowest BCUT2D eigenvalue weighted by Gasteiger charge is -2.22. The number of pyridine rings is 1. The highest BCUT2D eigenvalue weighted by atomic mass is 16.5. The van der Waals surface area contributed by atoms with Gasteiger partial charge in [0.05, 0.1) is 6.54 Å². The topological polar surface area (TPSA) is 51.5 Å². The van der Waals surface area contributed by atoms with Crippen LogP contribution in [0.3, 0.4) is 0 Å². The normalized spacial score (nSPS) is 18.0. The Morgan fingerprint density at radius 3 is 2.64 bits per heavy atom. The number of amides is 1. The van der Waals surface area contributed by atoms with Crippen molar-refractivity contribution >= 4 is 5.91 Å². The van der Waals surface area contributed by atoms with Gasteiger partial charge in [0.1, 0.15) is 11.9 Å². The Labute approximate surface area is 131 Å². The van der Waals surface area contributed by atoms with Crippen molar-refractivity contribution in [2.75, 3.05) is 13.1 Å². The van der Waals surface area contributed by atoms with Crippen molar-refractivity contribution < 1.29 is 9.53 Å². The van der Waals surface area contributed by atoms with Crippen molar-refractivity contribution in [1.29, 1.82) is 0 Å². The molecule has 1 aromatic rings. The van der Waals surface area contributed by atoms with Crippen molar-refractivity contribution in [1.82, 2.24) is 9.47 Å². The molecule has 5 heteroatoms. The predicted octanol–water partition coefficient (Wildman–Crippen LogP) is 2.11. The number of carbonyl (C=O) groups is 1. The second-order valence-corrected chi connectivity index (χ2v) is 6.06. The van der Waals surface area contributed by atoms with E-state index < -0.39 is 0 Å². The van der Waals surface area contributed by atoms with Crippen molar-refractivity contribution in [2.24, 2.45) is 13.0 Å². The summed E-state index contributed by atoms with van der Waals surface area (Å²) in [6, 6.07) is 3.38. The number of likely N-dealkylation sites (tertiary alicyclic amines) is 1. The van der Waals surface area contributed by atoms with E-state index in [1.165, 1.54) is 6.07 Å². The van der Waals surface area contributed by atoms with E-state index in [1.807, 2.05) is 17.9 Å². The number of rotatable bonds is 5. The van der Waals surface area contributed by atoms with E-state index >= 15 is 0 Å². The van der Waals surface area contributed by atoms with Gasteiger partial charge in [-0.3, -0.25) is 9.59 Å². The summed E-state index contributed by atoms with van der Waals surface area (Å²) in [7, 11) is 1.74. The van der Waals surface area contributed by atoms with Gasteiger partial charge in [0.25, 0.3) is 5.56 Å². The average molecular weight is 306 g/mol. The second-order valence-electron chi connectivity index (χ2n) is 6.06. The molecule has 2 rings (SSSR count). The third-order valence-corrected chi connectivity index (χ3v) is 4.57. The van der Waals surface area contributed by atoms with Crippen LogP contribution in [0.2, 0.25) is 0 Å². The minimum atomic E-state index is -0.0713. The molecule has 1 unspecified atom stereocenters. The van der Waals surface area contributed by atoms with Crippen LogP contribution in [0.15, 0.2) is 16.9 Å². The number of carbonyl (C=O) groups excluding carboxylic acids is 1. The molecule has 1 amide bonds. The summed E-state index contributed by atoms with van der Waals surface area (Å²) in [4.78, 5) is 26.1. The molecule has 1 saturated heterocycles. The quantitative estimate of drug-likeness (QED) is 0.837. The molecule has 1 fully saturated rings. The Bertz CT molecular complexity index is 590. The standard InChI is InChI=1S/C17H26N2O3/c1-5-13(6-2)17(21)19-8-7-14(11-19)22-15-9-12(3)18(4)16(20)10-15/h9-10,13-14H,5-8,11H2,1-4H3. The third kappa shape index (κ3) is 3.51. The Hall–Kier alpha value is -1.78. The van der Waals surface area contributed by atoms with Crippen LogP contribution in [-0.4, -0.2) is 34.6 Å². The molecular weight excluding hydrogens is 280 g/mol. The van der Waals surface area contributed by atoms with Crippen LogP contribution in [0.5, 0.6) is 5.75 Å². The summed E-state index contributed by atoms with van der Waals surface area (Å²) in [6.07, 6.45) is 2.56. The molecule has 1 aromatic heterocycles. The maximum atomic E-state index is 12.4. The van der Waals surface area contributed by atoms with Crippen LogP contribution in [0.4, 0.5) is 0 Å². The maximum absolute atomic E-state index is 12.4. The zero-order chi connectivity index (χ0) is 16.3. The second kappa shape index (κ2) is 6.99. The van der Waals surface area contributed by atoms with Gasteiger partial charge in [-0.25, -0.2) is 0 Å². The highest BCUT2D eigenvalue weighted by Crippen LogP contribution is 2.21. The highest BCUT2D eigenvalue weighted by molar-refractivity contribution is 5.79. The molecule has 1 atom stereocenters. The number of aryl methyl sites for hydroxylation is 1. The fourth-order valence-corrected chi connectivity index (χ4v) is 2.92. The third-order valence-electron chi connectivity index (χ3n) is 4.57. The van der Waals surface area contributed by atoms with Crippen LogP contribution in [0.1, 0.15) is 38.8 Å². The molecule has 5 nitrogen and oxygen atoms in total. The van der Waals surface area contributed by atoms with E-state index in [4.69, 9.17) is 4.74 Å². The number of ether oxygens (including phenoxy) is 1. The molecular formula is C17H26N2O3. The van der Waals surface area contributed by atoms with E-state index in [-0.39, 0.29) is 23.5 Å². The van der Waals surface area contributed by atoms with Crippen molar-refractivity contribution in [3.05, 3.63) is 28.2 Å². The number of nitrogens with zero attached hydrogens (tertiary/aromatic N) is 2. The minimum absolute atomic E-state index is 0.0233. The molecule has 0 aliphatic carbocycles. The Kier molecular flexibility index (Phi) is 5.27. The summed E-state index contributed by atoms with van der Waals surface area (Å²) in [5.74, 6) is 0.948. The van der Waals surface area contributed by atoms with Crippen molar-refractivity contribution in [2.45, 2.75) is 46.1 Å². The summed E-state index contributed by atoms with van der Waals surface area (Å²) < 4.78 is 7.50. The molecule has 0 bridgehead atoms. The predicted molar refractivity (Wildman–Crippen MR) is 86.1 cm³/mol. The lowest BCUT2D eigenvalue weighted by molar-refractivity contribution is -0.134. The summed E-state index contributed by atoms with van der Waals surface area (Å²) in [5.41, 5.74) is 0.795. The van der Waals surface area contributed by atoms with Crippen LogP contribution in [0, 0.1) is 12.8 Å². The summed E-state index contributed by atoms with van der Waals surface area (Å²) in [5, 5.41) is 0. The molecule has 0 radical (unpaired) electrons. The lowest BCUT2D eigenvalue weighted by atomic mass is 10.0. The van der Waals surface area contributed by atoms with E-state index in [2.05, 4.69) is 13.8 Å². The van der Waals surface area contributed by atoms with E-state index in [0.717, 1.165) is 31.5 Å². The molecule has 1 aliphatic rings. The molecule has 22 heavy (non-hydrogen) atoms. The summed E-state index contributed by atoms with van der Waals surface area (Å²) in [6.45, 7) is 7.34. The van der Waals surface area contributed by atoms with Crippen LogP contribution < -0.4 is 10.3 Å². The first-order valence-electron chi connectivity index (χ1n) is 8.09. The SMILES string of the molecule is CCC(CC)C(=O)N1CCC(Oc2cc(C)n(C)c(=O)c2)C1. The largest absolute Gasteiger partial charge is 0.488 e.